The molecule has 0 bridgehead atoms. The molecule has 23 heavy (non-hydrogen) atoms. The van der Waals surface area contributed by atoms with Crippen LogP contribution in [0.3, 0.4) is 0 Å². The van der Waals surface area contributed by atoms with Gasteiger partial charge in [-0.1, -0.05) is 35.3 Å². The molecule has 0 heterocycles. The summed E-state index contributed by atoms with van der Waals surface area (Å²) in [7, 11) is 1.52. The van der Waals surface area contributed by atoms with Crippen LogP contribution in [-0.2, 0) is 9.53 Å². The van der Waals surface area contributed by atoms with Gasteiger partial charge >= 0.3 is 5.97 Å². The van der Waals surface area contributed by atoms with Crippen LogP contribution >= 0.6 is 23.2 Å². The van der Waals surface area contributed by atoms with E-state index in [1.54, 1.807) is 30.3 Å². The van der Waals surface area contributed by atoms with Gasteiger partial charge in [-0.2, -0.15) is 0 Å². The Morgan fingerprint density at radius 1 is 1.09 bits per heavy atom. The molecule has 120 valence electrons. The van der Waals surface area contributed by atoms with Crippen molar-refractivity contribution < 1.29 is 19.1 Å². The van der Waals surface area contributed by atoms with Crippen LogP contribution in [0.5, 0.6) is 5.75 Å². The smallest absolute Gasteiger partial charge is 0.341 e. The maximum Gasteiger partial charge on any atom is 0.341 e. The first-order valence-electron chi connectivity index (χ1n) is 6.56. The van der Waals surface area contributed by atoms with E-state index in [0.717, 1.165) is 0 Å². The molecule has 0 radical (unpaired) electrons. The summed E-state index contributed by atoms with van der Waals surface area (Å²) < 4.78 is 9.98. The van der Waals surface area contributed by atoms with E-state index in [1.807, 2.05) is 0 Å². The zero-order valence-corrected chi connectivity index (χ0v) is 13.6. The maximum atomic E-state index is 12.0. The molecule has 0 unspecified atom stereocenters. The molecule has 0 saturated carbocycles. The molecular weight excluding hydrogens is 341 g/mol. The van der Waals surface area contributed by atoms with Crippen molar-refractivity contribution in [2.75, 3.05) is 19.0 Å². The number of methoxy groups -OCH3 is 1. The topological polar surface area (TPSA) is 64.6 Å². The van der Waals surface area contributed by atoms with Gasteiger partial charge in [0.2, 0.25) is 0 Å². The molecular formula is C16H13Cl2NO4. The summed E-state index contributed by atoms with van der Waals surface area (Å²) >= 11 is 11.8. The van der Waals surface area contributed by atoms with E-state index in [9.17, 15) is 9.59 Å². The van der Waals surface area contributed by atoms with Gasteiger partial charge in [0.15, 0.2) is 6.61 Å². The van der Waals surface area contributed by atoms with Gasteiger partial charge < -0.3 is 14.8 Å². The first kappa shape index (κ1) is 17.1. The molecule has 2 rings (SSSR count). The van der Waals surface area contributed by atoms with Crippen LogP contribution < -0.4 is 10.1 Å². The van der Waals surface area contributed by atoms with Crippen molar-refractivity contribution >= 4 is 40.8 Å². The highest BCUT2D eigenvalue weighted by atomic mass is 35.5. The average molecular weight is 354 g/mol. The molecule has 0 fully saturated rings. The molecule has 0 aromatic heterocycles. The summed E-state index contributed by atoms with van der Waals surface area (Å²) in [6.45, 7) is -0.461. The Labute approximate surface area is 143 Å². The molecule has 0 spiro atoms. The van der Waals surface area contributed by atoms with Crippen LogP contribution in [0, 0.1) is 0 Å². The number of ether oxygens (including phenoxy) is 2. The predicted octanol–water partition coefficient (Wildman–Crippen LogP) is 3.80. The number of rotatable bonds is 5. The fraction of sp³-hybridized carbons (Fsp3) is 0.125. The molecule has 0 aliphatic rings. The number of carbonyl (C=O) groups excluding carboxylic acids is 2. The molecule has 0 aliphatic carbocycles. The van der Waals surface area contributed by atoms with Crippen LogP contribution in [0.15, 0.2) is 42.5 Å². The second kappa shape index (κ2) is 7.85. The number of halogens is 2. The third kappa shape index (κ3) is 4.61. The summed E-state index contributed by atoms with van der Waals surface area (Å²) in [6.07, 6.45) is 0. The first-order chi connectivity index (χ1) is 11.0. The lowest BCUT2D eigenvalue weighted by molar-refractivity contribution is -0.119. The molecule has 2 aromatic carbocycles. The van der Waals surface area contributed by atoms with Gasteiger partial charge in [-0.3, -0.25) is 4.79 Å². The van der Waals surface area contributed by atoms with Crippen LogP contribution in [0.4, 0.5) is 5.69 Å². The maximum absolute atomic E-state index is 12.0. The molecule has 7 heteroatoms. The van der Waals surface area contributed by atoms with Crippen LogP contribution in [0.2, 0.25) is 10.0 Å². The summed E-state index contributed by atoms with van der Waals surface area (Å²) in [5.74, 6) is -0.654. The highest BCUT2D eigenvalue weighted by Crippen LogP contribution is 2.25. The fourth-order valence-corrected chi connectivity index (χ4v) is 2.35. The molecule has 5 nitrogen and oxygen atoms in total. The Morgan fingerprint density at radius 3 is 2.39 bits per heavy atom. The minimum absolute atomic E-state index is 0.0324. The lowest BCUT2D eigenvalue weighted by Crippen LogP contribution is -2.21. The lowest BCUT2D eigenvalue weighted by atomic mass is 10.2. The van der Waals surface area contributed by atoms with E-state index < -0.39 is 18.5 Å². The van der Waals surface area contributed by atoms with Crippen molar-refractivity contribution in [2.24, 2.45) is 0 Å². The number of hydrogen-bond donors (Lipinski definition) is 1. The van der Waals surface area contributed by atoms with Gasteiger partial charge in [0, 0.05) is 11.8 Å². The summed E-state index contributed by atoms with van der Waals surface area (Å²) in [5, 5.41) is 2.92. The van der Waals surface area contributed by atoms with Crippen LogP contribution in [-0.4, -0.2) is 25.6 Å². The number of amides is 1. The Bertz CT molecular complexity index is 714. The number of anilines is 1. The predicted molar refractivity (Wildman–Crippen MR) is 88.4 cm³/mol. The van der Waals surface area contributed by atoms with Gasteiger partial charge in [0.05, 0.1) is 22.7 Å². The van der Waals surface area contributed by atoms with E-state index in [2.05, 4.69) is 5.32 Å². The lowest BCUT2D eigenvalue weighted by Gasteiger charge is -2.09. The SMILES string of the molecule is COc1cccc(NC(=O)COC(=O)c2c(Cl)cccc2Cl)c1. The second-order valence-electron chi connectivity index (χ2n) is 4.45. The summed E-state index contributed by atoms with van der Waals surface area (Å²) in [6, 6.07) is 11.4. The van der Waals surface area contributed by atoms with E-state index in [4.69, 9.17) is 32.7 Å². The fourth-order valence-electron chi connectivity index (χ4n) is 1.79. The molecule has 1 amide bonds. The largest absolute Gasteiger partial charge is 0.497 e. The summed E-state index contributed by atoms with van der Waals surface area (Å²) in [5.41, 5.74) is 0.561. The molecule has 0 atom stereocenters. The van der Waals surface area contributed by atoms with Crippen molar-refractivity contribution in [2.45, 2.75) is 0 Å². The Hall–Kier alpha value is -2.24. The van der Waals surface area contributed by atoms with E-state index in [0.29, 0.717) is 11.4 Å². The Morgan fingerprint density at radius 2 is 1.74 bits per heavy atom. The molecule has 2 aromatic rings. The van der Waals surface area contributed by atoms with Crippen LogP contribution in [0.25, 0.3) is 0 Å². The summed E-state index contributed by atoms with van der Waals surface area (Å²) in [4.78, 5) is 23.8. The standard InChI is InChI=1S/C16H13Cl2NO4/c1-22-11-5-2-4-10(8-11)19-14(20)9-23-16(21)15-12(17)6-3-7-13(15)18/h2-8H,9H2,1H3,(H,19,20). The van der Waals surface area contributed by atoms with Gasteiger partial charge in [-0.25, -0.2) is 4.79 Å². The number of benzene rings is 2. The van der Waals surface area contributed by atoms with Gasteiger partial charge in [0.25, 0.3) is 5.91 Å². The molecule has 0 aliphatic heterocycles. The Balaban J connectivity index is 1.95. The van der Waals surface area contributed by atoms with Crippen molar-refractivity contribution in [3.05, 3.63) is 58.1 Å². The van der Waals surface area contributed by atoms with Gasteiger partial charge in [-0.15, -0.1) is 0 Å². The Kier molecular flexibility index (Phi) is 5.84. The second-order valence-corrected chi connectivity index (χ2v) is 5.27. The number of nitrogens with one attached hydrogen (secondary N) is 1. The minimum atomic E-state index is -0.763. The molecule has 0 saturated heterocycles. The third-order valence-electron chi connectivity index (χ3n) is 2.85. The number of hydrogen-bond acceptors (Lipinski definition) is 4. The van der Waals surface area contributed by atoms with Crippen molar-refractivity contribution in [1.29, 1.82) is 0 Å². The zero-order valence-electron chi connectivity index (χ0n) is 12.1. The average Bonchev–Trinajstić information content (AvgIpc) is 2.53. The van der Waals surface area contributed by atoms with Gasteiger partial charge in [0.1, 0.15) is 5.75 Å². The van der Waals surface area contributed by atoms with Crippen molar-refractivity contribution in [3.63, 3.8) is 0 Å². The monoisotopic (exact) mass is 353 g/mol. The van der Waals surface area contributed by atoms with E-state index >= 15 is 0 Å². The normalized spacial score (nSPS) is 10.0. The van der Waals surface area contributed by atoms with Crippen molar-refractivity contribution in [3.8, 4) is 5.75 Å². The van der Waals surface area contributed by atoms with Crippen molar-refractivity contribution in [1.82, 2.24) is 0 Å². The van der Waals surface area contributed by atoms with E-state index in [-0.39, 0.29) is 15.6 Å². The highest BCUT2D eigenvalue weighted by Gasteiger charge is 2.17. The number of carbonyl (C=O) groups is 2. The quantitative estimate of drug-likeness (QED) is 0.830. The van der Waals surface area contributed by atoms with E-state index in [1.165, 1.54) is 19.2 Å². The molecule has 1 N–H and O–H groups in total. The zero-order chi connectivity index (χ0) is 16.8. The minimum Gasteiger partial charge on any atom is -0.497 e. The van der Waals surface area contributed by atoms with Crippen LogP contribution in [0.1, 0.15) is 10.4 Å². The highest BCUT2D eigenvalue weighted by molar-refractivity contribution is 6.39. The number of esters is 1. The van der Waals surface area contributed by atoms with Gasteiger partial charge in [-0.05, 0) is 24.3 Å². The first-order valence-corrected chi connectivity index (χ1v) is 7.32. The third-order valence-corrected chi connectivity index (χ3v) is 3.48.